The zero-order chi connectivity index (χ0) is 44.3. The Morgan fingerprint density at radius 2 is 1.21 bits per heavy atom. The molecule has 0 bridgehead atoms. The Hall–Kier alpha value is -7.08. The average molecular weight is 1050 g/mol. The van der Waals surface area contributed by atoms with Crippen molar-refractivity contribution in [2.45, 2.75) is 39.0 Å². The third-order valence-corrected chi connectivity index (χ3v) is 13.5. The number of ether oxygens (including phenoxy) is 1. The van der Waals surface area contributed by atoms with Crippen LogP contribution in [0.4, 0.5) is 28.4 Å². The van der Waals surface area contributed by atoms with Gasteiger partial charge >= 0.3 is 6.98 Å². The molecule has 0 amide bonds. The summed E-state index contributed by atoms with van der Waals surface area (Å²) in [4.78, 5) is 12.2. The van der Waals surface area contributed by atoms with Crippen LogP contribution in [0.25, 0.3) is 44.9 Å². The van der Waals surface area contributed by atoms with E-state index in [9.17, 15) is 0 Å². The van der Waals surface area contributed by atoms with Gasteiger partial charge in [-0.3, -0.25) is 4.98 Å². The summed E-state index contributed by atoms with van der Waals surface area (Å²) in [5, 5.41) is 0. The Morgan fingerprint density at radius 3 is 1.96 bits per heavy atom. The summed E-state index contributed by atoms with van der Waals surface area (Å²) in [5.74, 6) is 2.45. The van der Waals surface area contributed by atoms with Crippen LogP contribution in [-0.4, -0.2) is 23.5 Å². The molecule has 9 aromatic rings. The normalized spacial score (nSPS) is 13.6. The van der Waals surface area contributed by atoms with Crippen LogP contribution >= 0.6 is 0 Å². The Kier molecular flexibility index (Phi) is 11.2. The molecule has 0 atom stereocenters. The first-order chi connectivity index (χ1) is 32.5. The van der Waals surface area contributed by atoms with E-state index in [-0.39, 0.29) is 28.0 Å². The van der Waals surface area contributed by atoms with Gasteiger partial charge in [-0.25, -0.2) is 0 Å². The number of nitrogens with zero attached hydrogens (tertiary/aromatic N) is 5. The second-order valence-corrected chi connectivity index (χ2v) is 17.8. The Morgan fingerprint density at radius 1 is 0.597 bits per heavy atom. The number of para-hydroxylation sites is 3. The molecule has 0 aliphatic carbocycles. The third kappa shape index (κ3) is 7.37. The van der Waals surface area contributed by atoms with Gasteiger partial charge in [-0.1, -0.05) is 171 Å². The maximum atomic E-state index is 6.75. The van der Waals surface area contributed by atoms with E-state index >= 15 is 0 Å². The molecule has 3 aliphatic rings. The van der Waals surface area contributed by atoms with Crippen molar-refractivity contribution < 1.29 is 25.8 Å². The van der Waals surface area contributed by atoms with Gasteiger partial charge in [0.1, 0.15) is 0 Å². The molecule has 1 aromatic heterocycles. The molecule has 0 unspecified atom stereocenters. The van der Waals surface area contributed by atoms with Crippen molar-refractivity contribution in [2.24, 2.45) is 0 Å². The van der Waals surface area contributed by atoms with Crippen molar-refractivity contribution in [3.05, 3.63) is 218 Å². The fraction of sp³-hybridized carbons (Fsp3) is 0.119. The van der Waals surface area contributed by atoms with Gasteiger partial charge in [0.25, 0.3) is 0 Å². The molecule has 0 saturated carbocycles. The van der Waals surface area contributed by atoms with Gasteiger partial charge in [0.05, 0.1) is 0 Å². The van der Waals surface area contributed by atoms with Crippen LogP contribution in [0.3, 0.4) is 0 Å². The van der Waals surface area contributed by atoms with E-state index in [1.165, 1.54) is 27.7 Å². The number of benzene rings is 8. The number of fused-ring (bicyclic) bond motifs is 7. The minimum absolute atomic E-state index is 0. The molecule has 6 nitrogen and oxygen atoms in total. The fourth-order valence-electron chi connectivity index (χ4n) is 10.5. The van der Waals surface area contributed by atoms with Crippen LogP contribution in [0, 0.1) is 18.8 Å². The third-order valence-electron chi connectivity index (χ3n) is 13.5. The number of imidazole rings is 1. The summed E-state index contributed by atoms with van der Waals surface area (Å²) < 4.78 is 9.20. The average Bonchev–Trinajstić information content (AvgIpc) is 3.98. The quantitative estimate of drug-likeness (QED) is 0.117. The smallest absolute Gasteiger partial charge is 0.399 e. The van der Waals surface area contributed by atoms with Gasteiger partial charge in [-0.15, -0.1) is 36.6 Å². The van der Waals surface area contributed by atoms with Crippen LogP contribution in [-0.2, 0) is 33.9 Å². The molecule has 8 aromatic carbocycles. The van der Waals surface area contributed by atoms with E-state index in [0.717, 1.165) is 87.0 Å². The first kappa shape index (κ1) is 42.6. The largest absolute Gasteiger partial charge is 0.503 e. The molecular formula is C59H47BN5OPt-3. The van der Waals surface area contributed by atoms with Gasteiger partial charge in [-0.2, -0.15) is 6.07 Å². The first-order valence-corrected chi connectivity index (χ1v) is 23.0. The topological polar surface area (TPSA) is 36.8 Å². The van der Waals surface area contributed by atoms with Crippen LogP contribution in [0.15, 0.2) is 182 Å². The molecule has 0 N–H and O–H groups in total. The molecule has 4 heterocycles. The van der Waals surface area contributed by atoms with Crippen LogP contribution in [0.5, 0.6) is 11.5 Å². The van der Waals surface area contributed by atoms with Crippen molar-refractivity contribution in [3.8, 4) is 56.4 Å². The van der Waals surface area contributed by atoms with Crippen molar-refractivity contribution in [3.63, 3.8) is 0 Å². The maximum Gasteiger partial charge on any atom is 0.399 e. The molecule has 0 fully saturated rings. The minimum Gasteiger partial charge on any atom is -0.503 e. The second-order valence-electron chi connectivity index (χ2n) is 17.8. The second kappa shape index (κ2) is 17.6. The van der Waals surface area contributed by atoms with Gasteiger partial charge in [0, 0.05) is 84.0 Å². The van der Waals surface area contributed by atoms with Crippen LogP contribution in [0.1, 0.15) is 42.9 Å². The first-order valence-electron chi connectivity index (χ1n) is 23.0. The number of aromatic nitrogens is 2. The zero-order valence-electron chi connectivity index (χ0n) is 37.6. The van der Waals surface area contributed by atoms with E-state index in [1.54, 1.807) is 0 Å². The summed E-state index contributed by atoms with van der Waals surface area (Å²) in [6, 6.07) is 69.8. The van der Waals surface area contributed by atoms with Crippen molar-refractivity contribution in [1.29, 1.82) is 0 Å². The molecule has 0 radical (unpaired) electrons. The minimum atomic E-state index is -0.0856. The summed E-state index contributed by atoms with van der Waals surface area (Å²) >= 11 is 0. The monoisotopic (exact) mass is 1050 g/mol. The Labute approximate surface area is 408 Å². The van der Waals surface area contributed by atoms with Crippen LogP contribution < -0.4 is 24.8 Å². The molecular weight excluding hydrogens is 1000 g/mol. The summed E-state index contributed by atoms with van der Waals surface area (Å²) in [5.41, 5.74) is 18.6. The number of rotatable bonds is 7. The molecule has 330 valence electrons. The van der Waals surface area contributed by atoms with Crippen molar-refractivity contribution in [2.75, 3.05) is 21.7 Å². The summed E-state index contributed by atoms with van der Waals surface area (Å²) in [6.07, 6.45) is 5.18. The van der Waals surface area contributed by atoms with E-state index in [2.05, 4.69) is 223 Å². The van der Waals surface area contributed by atoms with Crippen molar-refractivity contribution in [1.82, 2.24) is 9.46 Å². The standard InChI is InChI=1S/C59H47BN5O.Pt/c1-40(2)48-29-15-25-44-24-14-23-41-22-10-11-28-49(41)56-38-61-59-52-37-47(34-35-53(52)62(3)60(57(44)48)65(56)59)66-46-27-16-26-45(36-46)63-39-64(55-33-13-12-32-54(55)63)58-50(42-18-6-4-7-19-42)30-17-31-51(58)43-20-8-5-9-21-43;/h4-13,15-22,25-35,38-40H,14,23-24H2,1-3H3;/q-3;. The maximum absolute atomic E-state index is 6.75. The van der Waals surface area contributed by atoms with Gasteiger partial charge < -0.3 is 23.8 Å². The number of aryl methyl sites for hydroxylation is 2. The molecule has 8 heteroatoms. The van der Waals surface area contributed by atoms with E-state index in [1.807, 2.05) is 18.2 Å². The predicted octanol–water partition coefficient (Wildman–Crippen LogP) is 13.7. The molecule has 12 rings (SSSR count). The Balaban J connectivity index is 0.00000494. The molecule has 0 spiro atoms. The molecule has 67 heavy (non-hydrogen) atoms. The van der Waals surface area contributed by atoms with E-state index in [4.69, 9.17) is 9.72 Å². The summed E-state index contributed by atoms with van der Waals surface area (Å²) in [6.45, 7) is 6.72. The van der Waals surface area contributed by atoms with Crippen LogP contribution in [0.2, 0.25) is 0 Å². The molecule has 0 saturated heterocycles. The van der Waals surface area contributed by atoms with E-state index < -0.39 is 0 Å². The zero-order valence-corrected chi connectivity index (χ0v) is 39.9. The Bertz CT molecular complexity index is 3220. The van der Waals surface area contributed by atoms with Crippen molar-refractivity contribution >= 4 is 40.9 Å². The number of anilines is 5. The summed E-state index contributed by atoms with van der Waals surface area (Å²) in [7, 11) is 2.22. The molecule has 3 aliphatic heterocycles. The predicted molar refractivity (Wildman–Crippen MR) is 271 cm³/mol. The van der Waals surface area contributed by atoms with Gasteiger partial charge in [0.15, 0.2) is 0 Å². The SMILES string of the molecule is CC(C)c1cccc2c1B1N(C)c3ccc(Oc4[c-]c(N5[CH-]N(c6c(-c7ccccc7)cccc6-c6ccccc6)c6ccccc65)ccc4)[c-]c3-c3ncc(n31)-c1ccccc1CCC2.[Pt]. The van der Waals surface area contributed by atoms with Gasteiger partial charge in [-0.05, 0) is 77.6 Å². The number of hydrogen-bond donors (Lipinski definition) is 0. The number of hydrogen-bond acceptors (Lipinski definition) is 5. The fourth-order valence-corrected chi connectivity index (χ4v) is 10.5. The van der Waals surface area contributed by atoms with Gasteiger partial charge in [0.2, 0.25) is 0 Å². The van der Waals surface area contributed by atoms with E-state index in [0.29, 0.717) is 17.4 Å².